The first kappa shape index (κ1) is 14.6. The molecular weight excluding hydrogens is 266 g/mol. The molecule has 21 heavy (non-hydrogen) atoms. The molecule has 1 aromatic heterocycles. The smallest absolute Gasteiger partial charge is 0.268 e. The maximum Gasteiger partial charge on any atom is 0.268 e. The predicted octanol–water partition coefficient (Wildman–Crippen LogP) is 2.43. The molecule has 1 saturated heterocycles. The van der Waals surface area contributed by atoms with Crippen molar-refractivity contribution in [2.75, 3.05) is 13.1 Å². The van der Waals surface area contributed by atoms with Gasteiger partial charge in [-0.1, -0.05) is 19.3 Å². The fraction of sp³-hybridized carbons (Fsp3) is 0.688. The fourth-order valence-electron chi connectivity index (χ4n) is 3.87. The number of hydrazine groups is 1. The number of carbonyl (C=O) groups excluding carboxylic acids is 1. The molecule has 1 aromatic rings. The molecule has 1 aliphatic heterocycles. The summed E-state index contributed by atoms with van der Waals surface area (Å²) in [4.78, 5) is 13.8. The minimum absolute atomic E-state index is 0.301. The lowest BCUT2D eigenvalue weighted by molar-refractivity contribution is 0.0608. The zero-order valence-corrected chi connectivity index (χ0v) is 12.6. The van der Waals surface area contributed by atoms with Crippen molar-refractivity contribution in [2.24, 2.45) is 11.3 Å². The number of nitrogens with one attached hydrogen (secondary N) is 1. The van der Waals surface area contributed by atoms with E-state index in [0.29, 0.717) is 11.0 Å². The number of nitrogen functional groups attached to an aromatic ring is 1. The van der Waals surface area contributed by atoms with E-state index in [1.165, 1.54) is 51.2 Å². The predicted molar refractivity (Wildman–Crippen MR) is 80.4 cm³/mol. The van der Waals surface area contributed by atoms with E-state index in [1.54, 1.807) is 6.07 Å². The fourth-order valence-corrected chi connectivity index (χ4v) is 3.87. The molecule has 2 heterocycles. The summed E-state index contributed by atoms with van der Waals surface area (Å²) in [6, 6.07) is 1.78. The van der Waals surface area contributed by atoms with E-state index in [1.807, 2.05) is 0 Å². The second-order valence-corrected chi connectivity index (χ2v) is 6.61. The highest BCUT2D eigenvalue weighted by Gasteiger charge is 2.35. The topological polar surface area (TPSA) is 71.5 Å². The zero-order valence-electron chi connectivity index (χ0n) is 12.6. The summed E-state index contributed by atoms with van der Waals surface area (Å²) in [7, 11) is 0. The lowest BCUT2D eigenvalue weighted by Gasteiger charge is -2.44. The molecular formula is C16H25N3O2. The minimum atomic E-state index is -0.301. The van der Waals surface area contributed by atoms with Crippen LogP contribution in [0.2, 0.25) is 0 Å². The number of furan rings is 1. The van der Waals surface area contributed by atoms with Crippen LogP contribution in [0.3, 0.4) is 0 Å². The summed E-state index contributed by atoms with van der Waals surface area (Å²) < 4.78 is 5.47. The van der Waals surface area contributed by atoms with Gasteiger partial charge in [0.15, 0.2) is 0 Å². The summed E-state index contributed by atoms with van der Waals surface area (Å²) >= 11 is 0. The van der Waals surface area contributed by atoms with Crippen molar-refractivity contribution in [3.63, 3.8) is 0 Å². The molecule has 0 unspecified atom stereocenters. The van der Waals surface area contributed by atoms with Crippen molar-refractivity contribution in [2.45, 2.75) is 51.5 Å². The van der Waals surface area contributed by atoms with Crippen LogP contribution in [0.15, 0.2) is 16.7 Å². The Hall–Kier alpha value is -1.33. The van der Waals surface area contributed by atoms with Crippen LogP contribution >= 0.6 is 0 Å². The summed E-state index contributed by atoms with van der Waals surface area (Å²) in [5.41, 5.74) is 3.25. The van der Waals surface area contributed by atoms with Gasteiger partial charge in [-0.25, -0.2) is 5.84 Å². The van der Waals surface area contributed by atoms with Crippen LogP contribution in [-0.2, 0) is 6.54 Å². The Bertz CT molecular complexity index is 481. The van der Waals surface area contributed by atoms with Crippen LogP contribution in [0.4, 0.5) is 0 Å². The molecule has 0 aromatic carbocycles. The van der Waals surface area contributed by atoms with Crippen LogP contribution in [0, 0.1) is 5.41 Å². The third-order valence-electron chi connectivity index (χ3n) is 5.26. The van der Waals surface area contributed by atoms with Gasteiger partial charge in [-0.15, -0.1) is 0 Å². The van der Waals surface area contributed by atoms with Crippen molar-refractivity contribution in [3.8, 4) is 0 Å². The van der Waals surface area contributed by atoms with Gasteiger partial charge in [0.25, 0.3) is 5.91 Å². The van der Waals surface area contributed by atoms with Gasteiger partial charge in [-0.2, -0.15) is 0 Å². The average molecular weight is 291 g/mol. The van der Waals surface area contributed by atoms with E-state index in [-0.39, 0.29) is 5.91 Å². The second-order valence-electron chi connectivity index (χ2n) is 6.61. The minimum Gasteiger partial charge on any atom is -0.467 e. The third kappa shape index (κ3) is 3.30. The van der Waals surface area contributed by atoms with Crippen molar-refractivity contribution >= 4 is 5.91 Å². The highest BCUT2D eigenvalue weighted by Crippen LogP contribution is 2.44. The highest BCUT2D eigenvalue weighted by molar-refractivity contribution is 5.93. The normalized spacial score (nSPS) is 22.3. The Morgan fingerprint density at radius 2 is 1.95 bits per heavy atom. The Labute approximate surface area is 125 Å². The molecule has 0 bridgehead atoms. The van der Waals surface area contributed by atoms with Crippen LogP contribution in [0.5, 0.6) is 0 Å². The molecule has 1 aliphatic carbocycles. The maximum absolute atomic E-state index is 11.4. The monoisotopic (exact) mass is 291 g/mol. The van der Waals surface area contributed by atoms with Crippen molar-refractivity contribution in [3.05, 3.63) is 23.7 Å². The number of rotatable bonds is 3. The lowest BCUT2D eigenvalue weighted by Crippen LogP contribution is -2.40. The number of nitrogens with zero attached hydrogens (tertiary/aromatic N) is 1. The summed E-state index contributed by atoms with van der Waals surface area (Å²) in [5, 5.41) is 0. The van der Waals surface area contributed by atoms with Gasteiger partial charge in [-0.05, 0) is 50.3 Å². The molecule has 0 atom stereocenters. The summed E-state index contributed by atoms with van der Waals surface area (Å²) in [5.74, 6) is 5.66. The van der Waals surface area contributed by atoms with Crippen LogP contribution < -0.4 is 11.3 Å². The number of hydrogen-bond donors (Lipinski definition) is 2. The van der Waals surface area contributed by atoms with E-state index in [9.17, 15) is 4.79 Å². The number of nitrogens with two attached hydrogens (primary N) is 1. The Morgan fingerprint density at radius 3 is 2.62 bits per heavy atom. The zero-order chi connectivity index (χ0) is 14.7. The molecule has 1 saturated carbocycles. The number of amides is 1. The number of hydrogen-bond acceptors (Lipinski definition) is 4. The standard InChI is InChI=1S/C16H25N3O2/c17-18-15(20)13-10-14(21-12-13)11-19-8-6-16(7-9-19)4-2-1-3-5-16/h10,12H,1-9,11,17H2,(H,18,20). The van der Waals surface area contributed by atoms with Gasteiger partial charge in [0.2, 0.25) is 0 Å². The molecule has 2 fully saturated rings. The SMILES string of the molecule is NNC(=O)c1coc(CN2CCC3(CCCCC3)CC2)c1. The summed E-state index contributed by atoms with van der Waals surface area (Å²) in [6.45, 7) is 3.06. The Kier molecular flexibility index (Phi) is 4.31. The van der Waals surface area contributed by atoms with Crippen molar-refractivity contribution in [1.82, 2.24) is 10.3 Å². The van der Waals surface area contributed by atoms with Gasteiger partial charge in [-0.3, -0.25) is 15.1 Å². The molecule has 1 spiro atoms. The van der Waals surface area contributed by atoms with Gasteiger partial charge in [0.1, 0.15) is 12.0 Å². The molecule has 1 amide bonds. The molecule has 2 aliphatic rings. The molecule has 5 heteroatoms. The first-order chi connectivity index (χ1) is 10.2. The van der Waals surface area contributed by atoms with Gasteiger partial charge < -0.3 is 4.42 Å². The van der Waals surface area contributed by atoms with E-state index < -0.39 is 0 Å². The molecule has 3 N–H and O–H groups in total. The number of likely N-dealkylation sites (tertiary alicyclic amines) is 1. The molecule has 116 valence electrons. The first-order valence-electron chi connectivity index (χ1n) is 8.02. The van der Waals surface area contributed by atoms with Gasteiger partial charge in [0, 0.05) is 0 Å². The first-order valence-corrected chi connectivity index (χ1v) is 8.02. The largest absolute Gasteiger partial charge is 0.467 e. The Balaban J connectivity index is 1.53. The number of piperidine rings is 1. The summed E-state index contributed by atoms with van der Waals surface area (Å²) in [6.07, 6.45) is 11.2. The molecule has 3 rings (SSSR count). The highest BCUT2D eigenvalue weighted by atomic mass is 16.3. The van der Waals surface area contributed by atoms with Crippen LogP contribution in [0.1, 0.15) is 61.1 Å². The van der Waals surface area contributed by atoms with Crippen LogP contribution in [0.25, 0.3) is 0 Å². The molecule has 5 nitrogen and oxygen atoms in total. The maximum atomic E-state index is 11.4. The van der Waals surface area contributed by atoms with E-state index >= 15 is 0 Å². The van der Waals surface area contributed by atoms with E-state index in [2.05, 4.69) is 10.3 Å². The third-order valence-corrected chi connectivity index (χ3v) is 5.26. The Morgan fingerprint density at radius 1 is 1.24 bits per heavy atom. The average Bonchev–Trinajstić information content (AvgIpc) is 2.98. The number of carbonyl (C=O) groups is 1. The van der Waals surface area contributed by atoms with Crippen molar-refractivity contribution in [1.29, 1.82) is 0 Å². The van der Waals surface area contributed by atoms with Crippen LogP contribution in [-0.4, -0.2) is 23.9 Å². The van der Waals surface area contributed by atoms with Crippen molar-refractivity contribution < 1.29 is 9.21 Å². The lowest BCUT2D eigenvalue weighted by atomic mass is 9.68. The van der Waals surface area contributed by atoms with E-state index in [0.717, 1.165) is 25.4 Å². The van der Waals surface area contributed by atoms with Gasteiger partial charge in [0.05, 0.1) is 12.1 Å². The van der Waals surface area contributed by atoms with E-state index in [4.69, 9.17) is 10.3 Å². The second kappa shape index (κ2) is 6.20. The quantitative estimate of drug-likeness (QED) is 0.510. The molecule has 0 radical (unpaired) electrons. The van der Waals surface area contributed by atoms with Gasteiger partial charge >= 0.3 is 0 Å².